The first-order valence-corrected chi connectivity index (χ1v) is 10.3. The second kappa shape index (κ2) is 9.38. The third kappa shape index (κ3) is 4.80. The van der Waals surface area contributed by atoms with Crippen LogP contribution in [-0.2, 0) is 20.6 Å². The van der Waals surface area contributed by atoms with Crippen molar-refractivity contribution in [1.82, 2.24) is 4.98 Å². The van der Waals surface area contributed by atoms with E-state index in [4.69, 9.17) is 23.2 Å². The van der Waals surface area contributed by atoms with Gasteiger partial charge >= 0.3 is 6.43 Å². The molecule has 30 heavy (non-hydrogen) atoms. The van der Waals surface area contributed by atoms with Gasteiger partial charge in [-0.25, -0.2) is 4.21 Å². The molecule has 1 aromatic carbocycles. The minimum atomic E-state index is -3.26. The number of aromatic nitrogens is 1. The molecule has 1 unspecified atom stereocenters. The topological polar surface area (TPSA) is 90.7 Å². The number of halogens is 4. The number of pyridine rings is 1. The smallest absolute Gasteiger partial charge is 0.316 e. The Kier molecular flexibility index (Phi) is 7.57. The highest BCUT2D eigenvalue weighted by Gasteiger charge is 2.31. The maximum absolute atomic E-state index is 12.8. The monoisotopic (exact) mass is 478 g/mol. The van der Waals surface area contributed by atoms with E-state index in [0.717, 1.165) is 7.05 Å². The van der Waals surface area contributed by atoms with Crippen LogP contribution in [0.4, 0.5) is 14.5 Å². The van der Waals surface area contributed by atoms with Crippen molar-refractivity contribution < 1.29 is 27.4 Å². The Hall–Kier alpha value is -2.07. The summed E-state index contributed by atoms with van der Waals surface area (Å²) in [7, 11) is 1.10. The Labute approximate surface area is 184 Å². The van der Waals surface area contributed by atoms with Gasteiger partial charge in [0.2, 0.25) is 0 Å². The number of anilines is 1. The van der Waals surface area contributed by atoms with E-state index in [-0.39, 0.29) is 32.7 Å². The highest BCUT2D eigenvalue weighted by Crippen LogP contribution is 2.38. The number of alkyl halides is 2. The third-order valence-electron chi connectivity index (χ3n) is 4.38. The fourth-order valence-electron chi connectivity index (χ4n) is 2.64. The van der Waals surface area contributed by atoms with E-state index in [1.54, 1.807) is 12.1 Å². The van der Waals surface area contributed by atoms with Crippen molar-refractivity contribution in [2.75, 3.05) is 11.9 Å². The molecule has 0 aliphatic rings. The molecule has 0 fully saturated rings. The molecular weight excluding hydrogens is 461 g/mol. The van der Waals surface area contributed by atoms with Gasteiger partial charge in [-0.05, 0) is 37.6 Å². The van der Waals surface area contributed by atoms with Crippen LogP contribution in [-0.4, -0.2) is 38.2 Å². The molecule has 1 aromatic heterocycles. The first-order chi connectivity index (χ1) is 13.9. The van der Waals surface area contributed by atoms with E-state index >= 15 is 0 Å². The van der Waals surface area contributed by atoms with Gasteiger partial charge in [0.05, 0.1) is 20.5 Å². The Morgan fingerprint density at radius 1 is 1.30 bits per heavy atom. The van der Waals surface area contributed by atoms with Crippen LogP contribution in [0.3, 0.4) is 0 Å². The Bertz CT molecular complexity index is 1030. The Morgan fingerprint density at radius 3 is 2.50 bits per heavy atom. The van der Waals surface area contributed by atoms with Crippen molar-refractivity contribution in [3.8, 4) is 0 Å². The molecule has 0 aliphatic carbocycles. The molecule has 1 amide bonds. The molecule has 2 aromatic rings. The molecule has 0 saturated carbocycles. The second-order valence-corrected chi connectivity index (χ2v) is 8.99. The number of aliphatic hydroxyl groups excluding tert-OH is 1. The molecule has 162 valence electrons. The molecule has 2 rings (SSSR count). The van der Waals surface area contributed by atoms with Gasteiger partial charge in [0.25, 0.3) is 5.91 Å². The molecule has 0 saturated heterocycles. The Balaban J connectivity index is 2.60. The zero-order valence-electron chi connectivity index (χ0n) is 16.1. The summed E-state index contributed by atoms with van der Waals surface area (Å²) in [5.41, 5.74) is 0.356. The largest absolute Gasteiger partial charge is 0.506 e. The van der Waals surface area contributed by atoms with Gasteiger partial charge in [-0.1, -0.05) is 35.3 Å². The number of rotatable bonds is 6. The summed E-state index contributed by atoms with van der Waals surface area (Å²) in [5, 5.41) is 10.5. The molecule has 0 aliphatic heterocycles. The fraction of sp³-hybridized carbons (Fsp3) is 0.263. The fourth-order valence-corrected chi connectivity index (χ4v) is 3.67. The van der Waals surface area contributed by atoms with Crippen LogP contribution in [0.2, 0.25) is 10.0 Å². The summed E-state index contributed by atoms with van der Waals surface area (Å²) in [6.45, 7) is 3.02. The Morgan fingerprint density at radius 2 is 1.93 bits per heavy atom. The van der Waals surface area contributed by atoms with E-state index in [1.807, 2.05) is 0 Å². The van der Waals surface area contributed by atoms with E-state index in [9.17, 15) is 27.4 Å². The number of hydrogen-bond acceptors (Lipinski definition) is 4. The first-order valence-electron chi connectivity index (χ1n) is 8.40. The maximum atomic E-state index is 12.8. The third-order valence-corrected chi connectivity index (χ3v) is 6.17. The van der Waals surface area contributed by atoms with Crippen LogP contribution in [0.15, 0.2) is 30.5 Å². The molecule has 11 heteroatoms. The van der Waals surface area contributed by atoms with Crippen molar-refractivity contribution >= 4 is 57.7 Å². The summed E-state index contributed by atoms with van der Waals surface area (Å²) in [5.74, 6) is -1.88. The van der Waals surface area contributed by atoms with Crippen LogP contribution in [0.1, 0.15) is 30.7 Å². The highest BCUT2D eigenvalue weighted by atomic mass is 35.5. The van der Waals surface area contributed by atoms with Crippen LogP contribution in [0.5, 0.6) is 0 Å². The van der Waals surface area contributed by atoms with E-state index < -0.39 is 28.2 Å². The van der Waals surface area contributed by atoms with Crippen molar-refractivity contribution in [1.29, 1.82) is 0 Å². The predicted octanol–water partition coefficient (Wildman–Crippen LogP) is 5.13. The minimum absolute atomic E-state index is 0.0366. The molecule has 1 heterocycles. The van der Waals surface area contributed by atoms with Gasteiger partial charge < -0.3 is 14.6 Å². The molecule has 6 nitrogen and oxygen atoms in total. The van der Waals surface area contributed by atoms with E-state index in [2.05, 4.69) is 4.98 Å². The average molecular weight is 479 g/mol. The summed E-state index contributed by atoms with van der Waals surface area (Å²) in [4.78, 5) is 16.4. The number of hydrogen-bond donors (Lipinski definition) is 2. The lowest BCUT2D eigenvalue weighted by atomic mass is 9.98. The van der Waals surface area contributed by atoms with Crippen LogP contribution in [0.25, 0.3) is 11.8 Å². The minimum Gasteiger partial charge on any atom is -0.506 e. The van der Waals surface area contributed by atoms with Crippen LogP contribution in [0, 0.1) is 0 Å². The number of nitrogens with zero attached hydrogens (tertiary/aromatic N) is 2. The number of carbonyl (C=O) groups is 1. The van der Waals surface area contributed by atoms with Gasteiger partial charge in [-0.15, -0.1) is 0 Å². The van der Waals surface area contributed by atoms with Crippen molar-refractivity contribution in [2.24, 2.45) is 0 Å². The number of amides is 1. The normalized spacial score (nSPS) is 13.4. The standard InChI is InChI=1S/C19H18Cl2F2N2O4S/c1-19(2,30(28)29)11-5-4-8-24-15(11)13(26)9-10-6-7-12(20)16(14(10)21)25(3)18(27)17(22)23/h4-9,17,26H,1-3H3,(H,28,29)/b13-9-. The van der Waals surface area contributed by atoms with E-state index in [1.165, 1.54) is 38.3 Å². The van der Waals surface area contributed by atoms with Gasteiger partial charge in [0.15, 0.2) is 11.1 Å². The zero-order chi connectivity index (χ0) is 22.8. The van der Waals surface area contributed by atoms with Gasteiger partial charge in [-0.2, -0.15) is 8.78 Å². The lowest BCUT2D eigenvalue weighted by Gasteiger charge is -2.23. The zero-order valence-corrected chi connectivity index (χ0v) is 18.4. The molecule has 0 radical (unpaired) electrons. The number of carbonyl (C=O) groups excluding carboxylic acids is 1. The maximum Gasteiger partial charge on any atom is 0.316 e. The predicted molar refractivity (Wildman–Crippen MR) is 114 cm³/mol. The van der Waals surface area contributed by atoms with Crippen LogP contribution >= 0.6 is 23.2 Å². The van der Waals surface area contributed by atoms with Crippen LogP contribution < -0.4 is 4.90 Å². The summed E-state index contributed by atoms with van der Waals surface area (Å²) in [6.07, 6.45) is -0.665. The van der Waals surface area contributed by atoms with Crippen molar-refractivity contribution in [2.45, 2.75) is 25.0 Å². The lowest BCUT2D eigenvalue weighted by molar-refractivity contribution is -0.128. The summed E-state index contributed by atoms with van der Waals surface area (Å²) in [6, 6.07) is 5.86. The SMILES string of the molecule is CN(C(=O)C(F)F)c1c(Cl)ccc(/C=C(\O)c2ncccc2C(C)(C)S(=O)O)c1Cl. The number of aliphatic hydroxyl groups is 1. The first kappa shape index (κ1) is 24.2. The van der Waals surface area contributed by atoms with E-state index in [0.29, 0.717) is 10.5 Å². The number of benzene rings is 1. The van der Waals surface area contributed by atoms with Gasteiger partial charge in [0, 0.05) is 18.8 Å². The van der Waals surface area contributed by atoms with Gasteiger partial charge in [0.1, 0.15) is 11.5 Å². The molecular formula is C19H18Cl2F2N2O4S. The second-order valence-electron chi connectivity index (χ2n) is 6.69. The highest BCUT2D eigenvalue weighted by molar-refractivity contribution is 7.80. The quantitative estimate of drug-likeness (QED) is 0.443. The molecule has 0 spiro atoms. The molecule has 1 atom stereocenters. The van der Waals surface area contributed by atoms with Crippen molar-refractivity contribution in [3.63, 3.8) is 0 Å². The molecule has 2 N–H and O–H groups in total. The average Bonchev–Trinajstić information content (AvgIpc) is 2.69. The summed E-state index contributed by atoms with van der Waals surface area (Å²) >= 11 is 10.1. The molecule has 0 bridgehead atoms. The lowest BCUT2D eigenvalue weighted by Crippen LogP contribution is -2.32. The van der Waals surface area contributed by atoms with Gasteiger partial charge in [-0.3, -0.25) is 9.78 Å². The summed E-state index contributed by atoms with van der Waals surface area (Å²) < 4.78 is 45.7. The van der Waals surface area contributed by atoms with Crippen molar-refractivity contribution in [3.05, 3.63) is 57.3 Å².